The molecule has 1 N–H and O–H groups in total. The van der Waals surface area contributed by atoms with Gasteiger partial charge in [-0.2, -0.15) is 5.10 Å². The second kappa shape index (κ2) is 7.49. The van der Waals surface area contributed by atoms with Gasteiger partial charge in [0.25, 0.3) is 5.91 Å². The maximum Gasteiger partial charge on any atom is 0.328 e. The highest BCUT2D eigenvalue weighted by molar-refractivity contribution is 6.33. The Morgan fingerprint density at radius 1 is 1.29 bits per heavy atom. The second-order valence-electron chi connectivity index (χ2n) is 5.74. The van der Waals surface area contributed by atoms with Crippen LogP contribution in [0.4, 0.5) is 0 Å². The molecule has 1 heterocycles. The molecule has 1 aromatic carbocycles. The van der Waals surface area contributed by atoms with Gasteiger partial charge in [0, 0.05) is 12.6 Å². The van der Waals surface area contributed by atoms with Crippen LogP contribution in [-0.2, 0) is 16.6 Å². The number of hydrogen-bond donors (Lipinski definition) is 1. The second-order valence-corrected chi connectivity index (χ2v) is 6.14. The van der Waals surface area contributed by atoms with Crippen molar-refractivity contribution in [1.82, 2.24) is 15.1 Å². The summed E-state index contributed by atoms with van der Waals surface area (Å²) in [6.07, 6.45) is 0. The number of nitrogens with zero attached hydrogens (tertiary/aromatic N) is 2. The Kier molecular flexibility index (Phi) is 5.62. The number of ether oxygens (including phenoxy) is 1. The minimum absolute atomic E-state index is 0.0994. The predicted octanol–water partition coefficient (Wildman–Crippen LogP) is 2.67. The quantitative estimate of drug-likeness (QED) is 0.842. The van der Waals surface area contributed by atoms with Crippen molar-refractivity contribution in [2.45, 2.75) is 19.9 Å². The van der Waals surface area contributed by atoms with Crippen molar-refractivity contribution >= 4 is 23.5 Å². The fourth-order valence-corrected chi connectivity index (χ4v) is 2.55. The number of rotatable bonds is 5. The number of methoxy groups -OCH3 is 1. The molecule has 0 aliphatic carbocycles. The lowest BCUT2D eigenvalue weighted by Gasteiger charge is -2.19. The molecule has 0 unspecified atom stereocenters. The van der Waals surface area contributed by atoms with Crippen molar-refractivity contribution in [1.29, 1.82) is 0 Å². The molecule has 2 aromatic rings. The van der Waals surface area contributed by atoms with Crippen molar-refractivity contribution in [3.63, 3.8) is 0 Å². The highest BCUT2D eigenvalue weighted by Crippen LogP contribution is 2.26. The number of carbonyl (C=O) groups excluding carboxylic acids is 2. The molecule has 0 radical (unpaired) electrons. The van der Waals surface area contributed by atoms with Crippen LogP contribution < -0.4 is 5.32 Å². The number of esters is 1. The van der Waals surface area contributed by atoms with E-state index < -0.39 is 17.9 Å². The summed E-state index contributed by atoms with van der Waals surface area (Å²) in [6, 6.07) is 8.19. The summed E-state index contributed by atoms with van der Waals surface area (Å²) in [5.41, 5.74) is 1.66. The molecule has 128 valence electrons. The molecule has 0 fully saturated rings. The number of amides is 1. The van der Waals surface area contributed by atoms with Crippen LogP contribution in [0, 0.1) is 5.92 Å². The predicted molar refractivity (Wildman–Crippen MR) is 91.8 cm³/mol. The number of aromatic nitrogens is 2. The molecule has 1 atom stereocenters. The number of hydrogen-bond acceptors (Lipinski definition) is 4. The van der Waals surface area contributed by atoms with E-state index in [9.17, 15) is 9.59 Å². The smallest absolute Gasteiger partial charge is 0.328 e. The van der Waals surface area contributed by atoms with E-state index in [1.54, 1.807) is 19.2 Å². The lowest BCUT2D eigenvalue weighted by molar-refractivity contribution is -0.144. The molecule has 0 bridgehead atoms. The molecule has 0 spiro atoms. The summed E-state index contributed by atoms with van der Waals surface area (Å²) in [5, 5.41) is 7.58. The maximum atomic E-state index is 12.5. The minimum atomic E-state index is -0.721. The van der Waals surface area contributed by atoms with Crippen molar-refractivity contribution < 1.29 is 14.3 Å². The highest BCUT2D eigenvalue weighted by Gasteiger charge is 2.27. The van der Waals surface area contributed by atoms with E-state index in [2.05, 4.69) is 10.4 Å². The first-order valence-corrected chi connectivity index (χ1v) is 7.90. The van der Waals surface area contributed by atoms with Crippen LogP contribution in [0.15, 0.2) is 30.3 Å². The molecule has 0 saturated heterocycles. The Bertz CT molecular complexity index is 755. The van der Waals surface area contributed by atoms with E-state index in [1.807, 2.05) is 32.0 Å². The van der Waals surface area contributed by atoms with Gasteiger partial charge in [-0.3, -0.25) is 9.48 Å². The largest absolute Gasteiger partial charge is 0.467 e. The molecule has 0 aliphatic rings. The van der Waals surface area contributed by atoms with Gasteiger partial charge in [-0.1, -0.05) is 43.6 Å². The van der Waals surface area contributed by atoms with Crippen LogP contribution in [0.3, 0.4) is 0 Å². The maximum absolute atomic E-state index is 12.5. The van der Waals surface area contributed by atoms with E-state index in [1.165, 1.54) is 11.8 Å². The number of aryl methyl sites for hydroxylation is 1. The fourth-order valence-electron chi connectivity index (χ4n) is 2.32. The Hall–Kier alpha value is -2.34. The lowest BCUT2D eigenvalue weighted by atomic mass is 10.0. The average molecular weight is 350 g/mol. The summed E-state index contributed by atoms with van der Waals surface area (Å²) < 4.78 is 6.20. The first-order valence-electron chi connectivity index (χ1n) is 7.52. The lowest BCUT2D eigenvalue weighted by Crippen LogP contribution is -2.45. The van der Waals surface area contributed by atoms with Crippen LogP contribution in [-0.4, -0.2) is 34.8 Å². The first-order chi connectivity index (χ1) is 11.3. The van der Waals surface area contributed by atoms with Gasteiger partial charge in [-0.05, 0) is 18.1 Å². The van der Waals surface area contributed by atoms with E-state index in [0.29, 0.717) is 16.4 Å². The molecule has 24 heavy (non-hydrogen) atoms. The van der Waals surface area contributed by atoms with Crippen LogP contribution in [0.25, 0.3) is 11.3 Å². The summed E-state index contributed by atoms with van der Waals surface area (Å²) in [4.78, 5) is 24.3. The topological polar surface area (TPSA) is 73.2 Å². The van der Waals surface area contributed by atoms with Gasteiger partial charge in [0.05, 0.1) is 17.8 Å². The summed E-state index contributed by atoms with van der Waals surface area (Å²) in [5.74, 6) is -0.975. The van der Waals surface area contributed by atoms with Crippen LogP contribution in [0.5, 0.6) is 0 Å². The average Bonchev–Trinajstić information content (AvgIpc) is 2.93. The normalized spacial score (nSPS) is 12.1. The Morgan fingerprint density at radius 3 is 2.54 bits per heavy atom. The van der Waals surface area contributed by atoms with E-state index in [-0.39, 0.29) is 5.92 Å². The van der Waals surface area contributed by atoms with Crippen molar-refractivity contribution in [3.8, 4) is 11.3 Å². The van der Waals surface area contributed by atoms with Gasteiger partial charge in [-0.15, -0.1) is 0 Å². The first kappa shape index (κ1) is 18.0. The Morgan fingerprint density at radius 2 is 1.96 bits per heavy atom. The molecule has 0 saturated carbocycles. The summed E-state index contributed by atoms with van der Waals surface area (Å²) in [7, 11) is 2.96. The highest BCUT2D eigenvalue weighted by atomic mass is 35.5. The SMILES string of the molecule is COC(=O)[C@@H](NC(=O)c1cc(-c2ccccc2Cl)nn1C)C(C)C. The summed E-state index contributed by atoms with van der Waals surface area (Å²) in [6.45, 7) is 3.67. The molecular formula is C17H20ClN3O3. The van der Waals surface area contributed by atoms with E-state index >= 15 is 0 Å². The van der Waals surface area contributed by atoms with Crippen molar-refractivity contribution in [3.05, 3.63) is 41.0 Å². The summed E-state index contributed by atoms with van der Waals surface area (Å²) >= 11 is 6.18. The number of nitrogens with one attached hydrogen (secondary N) is 1. The Balaban J connectivity index is 2.28. The van der Waals surface area contributed by atoms with Crippen LogP contribution in [0.1, 0.15) is 24.3 Å². The molecule has 1 amide bonds. The monoisotopic (exact) mass is 349 g/mol. The third kappa shape index (κ3) is 3.76. The van der Waals surface area contributed by atoms with E-state index in [4.69, 9.17) is 16.3 Å². The molecule has 1 aromatic heterocycles. The van der Waals surface area contributed by atoms with Gasteiger partial charge in [0.1, 0.15) is 11.7 Å². The Labute approximate surface area is 145 Å². The van der Waals surface area contributed by atoms with Crippen LogP contribution >= 0.6 is 11.6 Å². The number of halogens is 1. The zero-order valence-electron chi connectivity index (χ0n) is 14.0. The third-order valence-electron chi connectivity index (χ3n) is 3.67. The molecule has 6 nitrogen and oxygen atoms in total. The zero-order valence-corrected chi connectivity index (χ0v) is 14.8. The third-order valence-corrected chi connectivity index (χ3v) is 4.00. The van der Waals surface area contributed by atoms with Gasteiger partial charge in [0.2, 0.25) is 0 Å². The zero-order chi connectivity index (χ0) is 17.9. The molecular weight excluding hydrogens is 330 g/mol. The minimum Gasteiger partial charge on any atom is -0.467 e. The standard InChI is InChI=1S/C17H20ClN3O3/c1-10(2)15(17(23)24-4)19-16(22)14-9-13(20-21(14)3)11-7-5-6-8-12(11)18/h5-10,15H,1-4H3,(H,19,22)/t15-/m0/s1. The fraction of sp³-hybridized carbons (Fsp3) is 0.353. The molecule has 0 aliphatic heterocycles. The molecule has 7 heteroatoms. The van der Waals surface area contributed by atoms with Gasteiger partial charge >= 0.3 is 5.97 Å². The van der Waals surface area contributed by atoms with Crippen LogP contribution in [0.2, 0.25) is 5.02 Å². The number of carbonyl (C=O) groups is 2. The van der Waals surface area contributed by atoms with Crippen molar-refractivity contribution in [2.75, 3.05) is 7.11 Å². The van der Waals surface area contributed by atoms with Gasteiger partial charge in [0.15, 0.2) is 0 Å². The van der Waals surface area contributed by atoms with Gasteiger partial charge in [-0.25, -0.2) is 4.79 Å². The molecule has 2 rings (SSSR count). The van der Waals surface area contributed by atoms with Crippen molar-refractivity contribution in [2.24, 2.45) is 13.0 Å². The van der Waals surface area contributed by atoms with E-state index in [0.717, 1.165) is 5.56 Å². The van der Waals surface area contributed by atoms with Gasteiger partial charge < -0.3 is 10.1 Å². The number of benzene rings is 1.